The van der Waals surface area contributed by atoms with Crippen molar-refractivity contribution in [1.29, 1.82) is 0 Å². The van der Waals surface area contributed by atoms with Crippen LogP contribution < -0.4 is 0 Å². The third kappa shape index (κ3) is 11.2. The van der Waals surface area contributed by atoms with E-state index in [1.165, 1.54) is 0 Å². The average molecular weight is 157 g/mol. The molecule has 0 aromatic carbocycles. The van der Waals surface area contributed by atoms with E-state index in [1.807, 2.05) is 0 Å². The van der Waals surface area contributed by atoms with Gasteiger partial charge in [-0.05, 0) is 12.8 Å². The van der Waals surface area contributed by atoms with E-state index in [0.717, 1.165) is 0 Å². The number of carboxylic acid groups (broad SMARTS) is 1. The van der Waals surface area contributed by atoms with Gasteiger partial charge in [-0.15, -0.1) is 0 Å². The van der Waals surface area contributed by atoms with Gasteiger partial charge in [-0.2, -0.15) is 0 Å². The molecule has 1 radical (unpaired) electrons. The monoisotopic (exact) mass is 157 g/mol. The molecule has 4 heteroatoms. The number of carbonyl (C=O) groups is 1. The smallest absolute Gasteiger partial charge is 0.303 e. The van der Waals surface area contributed by atoms with E-state index in [2.05, 4.69) is 0 Å². The number of unbranched alkanes of at least 4 members (excludes halogenated alkanes) is 2. The van der Waals surface area contributed by atoms with Crippen molar-refractivity contribution < 1.29 is 14.3 Å². The molecule has 0 atom stereocenters. The molecular formula is C6H11FNaO2. The molecule has 1 N–H and O–H groups in total. The molecule has 0 rings (SSSR count). The first kappa shape index (κ1) is 13.0. The SMILES string of the molecule is O=C(O)CCCCCF.[Na]. The maximum absolute atomic E-state index is 11.4. The molecule has 0 fully saturated rings. The van der Waals surface area contributed by atoms with Gasteiger partial charge in [-0.25, -0.2) is 0 Å². The Labute approximate surface area is 82.1 Å². The second-order valence-electron chi connectivity index (χ2n) is 1.89. The van der Waals surface area contributed by atoms with Crippen LogP contribution in [-0.4, -0.2) is 47.3 Å². The summed E-state index contributed by atoms with van der Waals surface area (Å²) in [7, 11) is 0. The Kier molecular flexibility index (Phi) is 12.2. The van der Waals surface area contributed by atoms with Gasteiger partial charge in [0.05, 0.1) is 6.67 Å². The Hall–Kier alpha value is 0.400. The third-order valence-electron chi connectivity index (χ3n) is 1.02. The Morgan fingerprint density at radius 2 is 1.90 bits per heavy atom. The molecule has 0 aromatic rings. The predicted octanol–water partition coefficient (Wildman–Crippen LogP) is 1.22. The van der Waals surface area contributed by atoms with Gasteiger partial charge in [0.2, 0.25) is 0 Å². The molecule has 0 aliphatic carbocycles. The van der Waals surface area contributed by atoms with E-state index in [-0.39, 0.29) is 42.7 Å². The van der Waals surface area contributed by atoms with Gasteiger partial charge in [0.25, 0.3) is 0 Å². The molecule has 0 spiro atoms. The summed E-state index contributed by atoms with van der Waals surface area (Å²) in [5, 5.41) is 8.12. The van der Waals surface area contributed by atoms with E-state index >= 15 is 0 Å². The van der Waals surface area contributed by atoms with Crippen LogP contribution in [0.15, 0.2) is 0 Å². The minimum atomic E-state index is -0.797. The summed E-state index contributed by atoms with van der Waals surface area (Å²) < 4.78 is 11.4. The average Bonchev–Trinajstić information content (AvgIpc) is 1.80. The molecule has 0 unspecified atom stereocenters. The summed E-state index contributed by atoms with van der Waals surface area (Å²) in [6.07, 6.45) is 1.94. The number of hydrogen-bond acceptors (Lipinski definition) is 1. The molecule has 0 saturated heterocycles. The van der Waals surface area contributed by atoms with Crippen molar-refractivity contribution >= 4 is 35.5 Å². The van der Waals surface area contributed by atoms with Crippen molar-refractivity contribution in [1.82, 2.24) is 0 Å². The normalized spacial score (nSPS) is 8.50. The van der Waals surface area contributed by atoms with Crippen molar-refractivity contribution in [2.45, 2.75) is 25.7 Å². The molecule has 0 heterocycles. The quantitative estimate of drug-likeness (QED) is 0.481. The fourth-order valence-corrected chi connectivity index (χ4v) is 0.547. The van der Waals surface area contributed by atoms with Gasteiger partial charge in [0.15, 0.2) is 0 Å². The van der Waals surface area contributed by atoms with E-state index < -0.39 is 5.97 Å². The van der Waals surface area contributed by atoms with E-state index in [0.29, 0.717) is 19.3 Å². The van der Waals surface area contributed by atoms with Crippen molar-refractivity contribution in [2.75, 3.05) is 6.67 Å². The summed E-state index contributed by atoms with van der Waals surface area (Å²) in [5.41, 5.74) is 0. The van der Waals surface area contributed by atoms with Gasteiger partial charge in [0, 0.05) is 36.0 Å². The summed E-state index contributed by atoms with van der Waals surface area (Å²) >= 11 is 0. The van der Waals surface area contributed by atoms with Crippen LogP contribution in [0.4, 0.5) is 4.39 Å². The van der Waals surface area contributed by atoms with Crippen LogP contribution in [0.1, 0.15) is 25.7 Å². The molecular weight excluding hydrogens is 146 g/mol. The Bertz CT molecular complexity index is 87.8. The van der Waals surface area contributed by atoms with Crippen LogP contribution >= 0.6 is 0 Å². The van der Waals surface area contributed by atoms with Crippen molar-refractivity contribution in [3.63, 3.8) is 0 Å². The van der Waals surface area contributed by atoms with Crippen molar-refractivity contribution in [3.8, 4) is 0 Å². The molecule has 0 amide bonds. The Morgan fingerprint density at radius 1 is 1.30 bits per heavy atom. The van der Waals surface area contributed by atoms with Crippen molar-refractivity contribution in [3.05, 3.63) is 0 Å². The number of alkyl halides is 1. The fraction of sp³-hybridized carbons (Fsp3) is 0.833. The number of hydrogen-bond donors (Lipinski definition) is 1. The van der Waals surface area contributed by atoms with Crippen molar-refractivity contribution in [2.24, 2.45) is 0 Å². The third-order valence-corrected chi connectivity index (χ3v) is 1.02. The maximum atomic E-state index is 11.4. The zero-order valence-corrected chi connectivity index (χ0v) is 8.27. The number of carboxylic acids is 1. The van der Waals surface area contributed by atoms with Gasteiger partial charge < -0.3 is 5.11 Å². The maximum Gasteiger partial charge on any atom is 0.303 e. The first-order valence-corrected chi connectivity index (χ1v) is 3.05. The molecule has 55 valence electrons. The fourth-order valence-electron chi connectivity index (χ4n) is 0.547. The molecule has 10 heavy (non-hydrogen) atoms. The van der Waals surface area contributed by atoms with Gasteiger partial charge in [0.1, 0.15) is 0 Å². The van der Waals surface area contributed by atoms with Crippen LogP contribution in [0.2, 0.25) is 0 Å². The second kappa shape index (κ2) is 9.40. The molecule has 2 nitrogen and oxygen atoms in total. The van der Waals surface area contributed by atoms with Crippen LogP contribution in [0.3, 0.4) is 0 Å². The molecule has 0 bridgehead atoms. The second-order valence-corrected chi connectivity index (χ2v) is 1.89. The van der Waals surface area contributed by atoms with Crippen LogP contribution in [0.5, 0.6) is 0 Å². The topological polar surface area (TPSA) is 37.3 Å². The summed E-state index contributed by atoms with van der Waals surface area (Å²) in [5.74, 6) is -0.797. The van der Waals surface area contributed by atoms with Gasteiger partial charge in [-0.3, -0.25) is 9.18 Å². The summed E-state index contributed by atoms with van der Waals surface area (Å²) in [6.45, 7) is -0.334. The Balaban J connectivity index is 0. The van der Waals surface area contributed by atoms with E-state index in [4.69, 9.17) is 5.11 Å². The number of aliphatic carboxylic acids is 1. The standard InChI is InChI=1S/C6H11FO2.Na/c7-5-3-1-2-4-6(8)9;/h1-5H2,(H,8,9);. The van der Waals surface area contributed by atoms with E-state index in [9.17, 15) is 9.18 Å². The van der Waals surface area contributed by atoms with Gasteiger partial charge in [-0.1, -0.05) is 6.42 Å². The number of rotatable bonds is 5. The molecule has 0 aliphatic heterocycles. The van der Waals surface area contributed by atoms with Crippen LogP contribution in [-0.2, 0) is 4.79 Å². The largest absolute Gasteiger partial charge is 0.481 e. The minimum absolute atomic E-state index is 0. The zero-order chi connectivity index (χ0) is 7.11. The van der Waals surface area contributed by atoms with Crippen LogP contribution in [0.25, 0.3) is 0 Å². The molecule has 0 aliphatic rings. The summed E-state index contributed by atoms with van der Waals surface area (Å²) in [4.78, 5) is 9.87. The minimum Gasteiger partial charge on any atom is -0.481 e. The Morgan fingerprint density at radius 3 is 2.30 bits per heavy atom. The first-order valence-electron chi connectivity index (χ1n) is 3.05. The number of halogens is 1. The zero-order valence-electron chi connectivity index (χ0n) is 6.27. The molecule has 0 saturated carbocycles. The first-order chi connectivity index (χ1) is 4.27. The predicted molar refractivity (Wildman–Crippen MR) is 37.8 cm³/mol. The van der Waals surface area contributed by atoms with Gasteiger partial charge >= 0.3 is 5.97 Å². The molecule has 0 aromatic heterocycles. The van der Waals surface area contributed by atoms with E-state index in [1.54, 1.807) is 0 Å². The summed E-state index contributed by atoms with van der Waals surface area (Å²) in [6, 6.07) is 0. The van der Waals surface area contributed by atoms with Crippen LogP contribution in [0, 0.1) is 0 Å².